The number of hydrogen-bond donors (Lipinski definition) is 2. The molecule has 3 N–H and O–H groups in total. The van der Waals surface area contributed by atoms with E-state index in [4.69, 9.17) is 10.5 Å². The molecule has 1 unspecified atom stereocenters. The van der Waals surface area contributed by atoms with Gasteiger partial charge in [-0.15, -0.1) is 0 Å². The van der Waals surface area contributed by atoms with Crippen LogP contribution >= 0.6 is 0 Å². The molecule has 0 saturated heterocycles. The Bertz CT molecular complexity index is 409. The van der Waals surface area contributed by atoms with E-state index in [-0.39, 0.29) is 11.9 Å². The van der Waals surface area contributed by atoms with Gasteiger partial charge in [-0.2, -0.15) is 4.98 Å². The SMILES string of the molecule is COc1cc(C)nc(NC(=O)CCC(C)CN)n1. The summed E-state index contributed by atoms with van der Waals surface area (Å²) in [5.74, 6) is 0.942. The summed E-state index contributed by atoms with van der Waals surface area (Å²) in [6.07, 6.45) is 1.17. The van der Waals surface area contributed by atoms with E-state index in [0.717, 1.165) is 12.1 Å². The van der Waals surface area contributed by atoms with Gasteiger partial charge >= 0.3 is 0 Å². The van der Waals surface area contributed by atoms with Gasteiger partial charge in [-0.05, 0) is 25.8 Å². The number of aromatic nitrogens is 2. The molecule has 0 saturated carbocycles. The monoisotopic (exact) mass is 252 g/mol. The lowest BCUT2D eigenvalue weighted by molar-refractivity contribution is -0.116. The molecule has 1 amide bonds. The van der Waals surface area contributed by atoms with Crippen LogP contribution in [0, 0.1) is 12.8 Å². The van der Waals surface area contributed by atoms with E-state index in [1.165, 1.54) is 7.11 Å². The van der Waals surface area contributed by atoms with Gasteiger partial charge in [0.25, 0.3) is 0 Å². The first-order chi connectivity index (χ1) is 8.55. The molecule has 18 heavy (non-hydrogen) atoms. The number of methoxy groups -OCH3 is 1. The molecule has 1 atom stereocenters. The van der Waals surface area contributed by atoms with E-state index in [1.54, 1.807) is 6.07 Å². The summed E-state index contributed by atoms with van der Waals surface area (Å²) >= 11 is 0. The molecular formula is C12H20N4O2. The molecule has 0 bridgehead atoms. The number of aryl methyl sites for hydroxylation is 1. The van der Waals surface area contributed by atoms with E-state index in [1.807, 2.05) is 13.8 Å². The van der Waals surface area contributed by atoms with Crippen molar-refractivity contribution in [2.45, 2.75) is 26.7 Å². The summed E-state index contributed by atoms with van der Waals surface area (Å²) in [7, 11) is 1.52. The Labute approximate surface area is 107 Å². The molecule has 6 heteroatoms. The standard InChI is InChI=1S/C12H20N4O2/c1-8(7-13)4-5-10(17)15-12-14-9(2)6-11(16-12)18-3/h6,8H,4-5,7,13H2,1-3H3,(H,14,15,16,17). The second-order valence-electron chi connectivity index (χ2n) is 4.30. The number of amides is 1. The summed E-state index contributed by atoms with van der Waals surface area (Å²) in [6, 6.07) is 1.70. The molecule has 1 aromatic rings. The van der Waals surface area contributed by atoms with Crippen molar-refractivity contribution in [3.05, 3.63) is 11.8 Å². The molecule has 0 aliphatic heterocycles. The number of ether oxygens (including phenoxy) is 1. The molecule has 1 aromatic heterocycles. The second kappa shape index (κ2) is 6.90. The third-order valence-corrected chi connectivity index (χ3v) is 2.56. The Hall–Kier alpha value is -1.69. The van der Waals surface area contributed by atoms with Gasteiger partial charge < -0.3 is 10.5 Å². The number of nitrogens with two attached hydrogens (primary N) is 1. The highest BCUT2D eigenvalue weighted by molar-refractivity contribution is 5.88. The molecular weight excluding hydrogens is 232 g/mol. The molecule has 0 aromatic carbocycles. The van der Waals surface area contributed by atoms with Crippen LogP contribution in [0.1, 0.15) is 25.5 Å². The van der Waals surface area contributed by atoms with E-state index < -0.39 is 0 Å². The molecule has 0 spiro atoms. The van der Waals surface area contributed by atoms with Gasteiger partial charge in [0.15, 0.2) is 0 Å². The van der Waals surface area contributed by atoms with Crippen LogP contribution in [-0.4, -0.2) is 29.5 Å². The van der Waals surface area contributed by atoms with Crippen molar-refractivity contribution in [1.29, 1.82) is 0 Å². The third-order valence-electron chi connectivity index (χ3n) is 2.56. The Morgan fingerprint density at radius 2 is 2.28 bits per heavy atom. The zero-order valence-corrected chi connectivity index (χ0v) is 11.1. The molecule has 1 heterocycles. The van der Waals surface area contributed by atoms with Crippen LogP contribution in [0.5, 0.6) is 5.88 Å². The predicted octanol–water partition coefficient (Wildman–Crippen LogP) is 1.11. The fraction of sp³-hybridized carbons (Fsp3) is 0.583. The van der Waals surface area contributed by atoms with Crippen molar-refractivity contribution in [3.63, 3.8) is 0 Å². The van der Waals surface area contributed by atoms with E-state index in [2.05, 4.69) is 15.3 Å². The van der Waals surface area contributed by atoms with Gasteiger partial charge in [0.05, 0.1) is 7.11 Å². The van der Waals surface area contributed by atoms with Crippen LogP contribution in [0.2, 0.25) is 0 Å². The van der Waals surface area contributed by atoms with Crippen LogP contribution in [0.4, 0.5) is 5.95 Å². The topological polar surface area (TPSA) is 90.1 Å². The highest BCUT2D eigenvalue weighted by atomic mass is 16.5. The zero-order chi connectivity index (χ0) is 13.5. The average Bonchev–Trinajstić information content (AvgIpc) is 2.35. The van der Waals surface area contributed by atoms with E-state index in [9.17, 15) is 4.79 Å². The van der Waals surface area contributed by atoms with Gasteiger partial charge in [-0.1, -0.05) is 6.92 Å². The lowest BCUT2D eigenvalue weighted by Gasteiger charge is -2.09. The minimum Gasteiger partial charge on any atom is -0.481 e. The first kappa shape index (κ1) is 14.4. The lowest BCUT2D eigenvalue weighted by Crippen LogP contribution is -2.17. The Balaban J connectivity index is 2.56. The van der Waals surface area contributed by atoms with Crippen LogP contribution in [0.15, 0.2) is 6.07 Å². The normalized spacial score (nSPS) is 12.0. The molecule has 100 valence electrons. The van der Waals surface area contributed by atoms with Crippen molar-refractivity contribution >= 4 is 11.9 Å². The number of nitrogens with one attached hydrogen (secondary N) is 1. The Kier molecular flexibility index (Phi) is 5.51. The van der Waals surface area contributed by atoms with Crippen LogP contribution in [0.3, 0.4) is 0 Å². The maximum Gasteiger partial charge on any atom is 0.232 e. The number of rotatable bonds is 6. The Morgan fingerprint density at radius 1 is 1.56 bits per heavy atom. The quantitative estimate of drug-likeness (QED) is 0.791. The van der Waals surface area contributed by atoms with E-state index >= 15 is 0 Å². The number of nitrogens with zero attached hydrogens (tertiary/aromatic N) is 2. The van der Waals surface area contributed by atoms with Crippen molar-refractivity contribution in [2.75, 3.05) is 19.0 Å². The van der Waals surface area contributed by atoms with Crippen molar-refractivity contribution in [3.8, 4) is 5.88 Å². The number of hydrogen-bond acceptors (Lipinski definition) is 5. The molecule has 0 aliphatic carbocycles. The molecule has 0 fully saturated rings. The first-order valence-corrected chi connectivity index (χ1v) is 5.94. The van der Waals surface area contributed by atoms with Gasteiger partial charge in [0.2, 0.25) is 17.7 Å². The van der Waals surface area contributed by atoms with Crippen molar-refractivity contribution < 1.29 is 9.53 Å². The van der Waals surface area contributed by atoms with Crippen LogP contribution in [-0.2, 0) is 4.79 Å². The zero-order valence-electron chi connectivity index (χ0n) is 11.1. The minimum atomic E-state index is -0.108. The largest absolute Gasteiger partial charge is 0.481 e. The summed E-state index contributed by atoms with van der Waals surface area (Å²) in [5.41, 5.74) is 6.24. The van der Waals surface area contributed by atoms with Gasteiger partial charge in [0, 0.05) is 18.2 Å². The molecule has 0 aliphatic rings. The average molecular weight is 252 g/mol. The molecule has 1 rings (SSSR count). The number of anilines is 1. The summed E-state index contributed by atoms with van der Waals surface area (Å²) in [5, 5.41) is 2.65. The smallest absolute Gasteiger partial charge is 0.232 e. The maximum atomic E-state index is 11.7. The summed E-state index contributed by atoms with van der Waals surface area (Å²) in [6.45, 7) is 4.41. The second-order valence-corrected chi connectivity index (χ2v) is 4.30. The summed E-state index contributed by atoms with van der Waals surface area (Å²) in [4.78, 5) is 19.8. The van der Waals surface area contributed by atoms with Crippen LogP contribution < -0.4 is 15.8 Å². The maximum absolute atomic E-state index is 11.7. The minimum absolute atomic E-state index is 0.108. The molecule has 0 radical (unpaired) electrons. The highest BCUT2D eigenvalue weighted by Gasteiger charge is 2.09. The van der Waals surface area contributed by atoms with Gasteiger partial charge in [-0.3, -0.25) is 10.1 Å². The fourth-order valence-corrected chi connectivity index (χ4v) is 1.38. The highest BCUT2D eigenvalue weighted by Crippen LogP contribution is 2.12. The van der Waals surface area contributed by atoms with Crippen LogP contribution in [0.25, 0.3) is 0 Å². The number of carbonyl (C=O) groups excluding carboxylic acids is 1. The third kappa shape index (κ3) is 4.67. The predicted molar refractivity (Wildman–Crippen MR) is 69.4 cm³/mol. The van der Waals surface area contributed by atoms with E-state index in [0.29, 0.717) is 24.8 Å². The van der Waals surface area contributed by atoms with Crippen molar-refractivity contribution in [2.24, 2.45) is 11.7 Å². The van der Waals surface area contributed by atoms with Gasteiger partial charge in [0.1, 0.15) is 0 Å². The lowest BCUT2D eigenvalue weighted by atomic mass is 10.1. The summed E-state index contributed by atoms with van der Waals surface area (Å²) < 4.78 is 5.01. The Morgan fingerprint density at radius 3 is 2.89 bits per heavy atom. The number of carbonyl (C=O) groups is 1. The first-order valence-electron chi connectivity index (χ1n) is 5.94. The molecule has 6 nitrogen and oxygen atoms in total. The van der Waals surface area contributed by atoms with Gasteiger partial charge in [-0.25, -0.2) is 4.98 Å². The van der Waals surface area contributed by atoms with Crippen molar-refractivity contribution in [1.82, 2.24) is 9.97 Å². The fourth-order valence-electron chi connectivity index (χ4n) is 1.38.